The van der Waals surface area contributed by atoms with Crippen molar-refractivity contribution in [3.05, 3.63) is 88.8 Å². The summed E-state index contributed by atoms with van der Waals surface area (Å²) in [4.78, 5) is 24.9. The summed E-state index contributed by atoms with van der Waals surface area (Å²) < 4.78 is 15.7. The van der Waals surface area contributed by atoms with E-state index in [0.29, 0.717) is 17.9 Å². The highest BCUT2D eigenvalue weighted by Crippen LogP contribution is 2.25. The van der Waals surface area contributed by atoms with Crippen molar-refractivity contribution >= 4 is 12.1 Å². The number of ether oxygens (including phenoxy) is 2. The Bertz CT molecular complexity index is 970. The standard InChI is InChI=1S/C23H24N2O5/c1-3-28-22(26)20-16(2)30-25-21(20)19(14-17-10-6-4-7-11-17)24-23(27)29-15-18-12-8-5-9-13-18/h4-13,19H,3,14-15H2,1-2H3,(H,24,27)/t19-/m0/s1. The Morgan fingerprint density at radius 3 is 2.27 bits per heavy atom. The van der Waals surface area contributed by atoms with Gasteiger partial charge in [0.2, 0.25) is 0 Å². The lowest BCUT2D eigenvalue weighted by Crippen LogP contribution is -2.32. The minimum atomic E-state index is -0.632. The molecule has 0 aliphatic rings. The minimum absolute atomic E-state index is 0.132. The monoisotopic (exact) mass is 408 g/mol. The molecule has 1 amide bonds. The molecule has 0 saturated heterocycles. The lowest BCUT2D eigenvalue weighted by Gasteiger charge is -2.18. The highest BCUT2D eigenvalue weighted by atomic mass is 16.5. The third kappa shape index (κ3) is 5.47. The van der Waals surface area contributed by atoms with Crippen LogP contribution in [-0.2, 0) is 22.5 Å². The van der Waals surface area contributed by atoms with Gasteiger partial charge in [0.1, 0.15) is 23.6 Å². The van der Waals surface area contributed by atoms with Crippen molar-refractivity contribution in [1.29, 1.82) is 0 Å². The fourth-order valence-corrected chi connectivity index (χ4v) is 3.05. The van der Waals surface area contributed by atoms with Crippen molar-refractivity contribution < 1.29 is 23.6 Å². The van der Waals surface area contributed by atoms with Crippen molar-refractivity contribution in [3.63, 3.8) is 0 Å². The van der Waals surface area contributed by atoms with Crippen molar-refractivity contribution in [1.82, 2.24) is 10.5 Å². The molecule has 1 heterocycles. The van der Waals surface area contributed by atoms with Crippen LogP contribution in [-0.4, -0.2) is 23.8 Å². The lowest BCUT2D eigenvalue weighted by molar-refractivity contribution is 0.0522. The van der Waals surface area contributed by atoms with E-state index < -0.39 is 18.1 Å². The third-order valence-corrected chi connectivity index (χ3v) is 4.49. The topological polar surface area (TPSA) is 90.7 Å². The number of nitrogens with zero attached hydrogens (tertiary/aromatic N) is 1. The van der Waals surface area contributed by atoms with Crippen molar-refractivity contribution in [3.8, 4) is 0 Å². The molecule has 7 nitrogen and oxygen atoms in total. The number of rotatable bonds is 8. The maximum atomic E-state index is 12.5. The van der Waals surface area contributed by atoms with Crippen LogP contribution in [0.1, 0.15) is 45.9 Å². The van der Waals surface area contributed by atoms with Gasteiger partial charge in [-0.1, -0.05) is 65.8 Å². The molecular formula is C23H24N2O5. The number of carbonyl (C=O) groups is 2. The van der Waals surface area contributed by atoms with Crippen molar-refractivity contribution in [2.75, 3.05) is 6.61 Å². The van der Waals surface area contributed by atoms with Crippen LogP contribution in [0.5, 0.6) is 0 Å². The molecule has 0 fully saturated rings. The summed E-state index contributed by atoms with van der Waals surface area (Å²) in [6.07, 6.45) is -0.213. The van der Waals surface area contributed by atoms with Gasteiger partial charge in [0.15, 0.2) is 0 Å². The summed E-state index contributed by atoms with van der Waals surface area (Å²) >= 11 is 0. The molecule has 0 aliphatic heterocycles. The zero-order valence-electron chi connectivity index (χ0n) is 17.0. The number of alkyl carbamates (subject to hydrolysis) is 1. The van der Waals surface area contributed by atoms with Crippen molar-refractivity contribution in [2.45, 2.75) is 32.9 Å². The molecule has 0 bridgehead atoms. The predicted octanol–water partition coefficient (Wildman–Crippen LogP) is 4.37. The Morgan fingerprint density at radius 2 is 1.63 bits per heavy atom. The van der Waals surface area contributed by atoms with E-state index in [1.165, 1.54) is 0 Å². The number of hydrogen-bond donors (Lipinski definition) is 1. The Balaban J connectivity index is 1.81. The van der Waals surface area contributed by atoms with Crippen LogP contribution >= 0.6 is 0 Å². The minimum Gasteiger partial charge on any atom is -0.462 e. The molecule has 0 radical (unpaired) electrons. The van der Waals surface area contributed by atoms with Gasteiger partial charge in [-0.2, -0.15) is 0 Å². The molecule has 30 heavy (non-hydrogen) atoms. The van der Waals surface area contributed by atoms with E-state index in [-0.39, 0.29) is 18.8 Å². The number of carbonyl (C=O) groups excluding carboxylic acids is 2. The summed E-state index contributed by atoms with van der Waals surface area (Å²) in [6.45, 7) is 3.71. The maximum Gasteiger partial charge on any atom is 0.408 e. The lowest BCUT2D eigenvalue weighted by atomic mass is 10.00. The van der Waals surface area contributed by atoms with Gasteiger partial charge < -0.3 is 19.3 Å². The van der Waals surface area contributed by atoms with E-state index in [2.05, 4.69) is 10.5 Å². The normalized spacial score (nSPS) is 11.5. The van der Waals surface area contributed by atoms with E-state index in [9.17, 15) is 9.59 Å². The summed E-state index contributed by atoms with van der Waals surface area (Å²) in [5.41, 5.74) is 2.37. The SMILES string of the molecule is CCOC(=O)c1c([C@H](Cc2ccccc2)NC(=O)OCc2ccccc2)noc1C. The van der Waals surface area contributed by atoms with Crippen LogP contribution in [0.15, 0.2) is 65.2 Å². The molecule has 0 spiro atoms. The molecule has 7 heteroatoms. The fourth-order valence-electron chi connectivity index (χ4n) is 3.05. The van der Waals surface area contributed by atoms with Gasteiger partial charge in [-0.15, -0.1) is 0 Å². The molecule has 2 aromatic carbocycles. The van der Waals surface area contributed by atoms with Crippen LogP contribution in [0.25, 0.3) is 0 Å². The molecule has 156 valence electrons. The third-order valence-electron chi connectivity index (χ3n) is 4.49. The summed E-state index contributed by atoms with van der Waals surface area (Å²) in [5, 5.41) is 6.85. The smallest absolute Gasteiger partial charge is 0.408 e. The van der Waals surface area contributed by atoms with Crippen LogP contribution in [0, 0.1) is 6.92 Å². The zero-order valence-corrected chi connectivity index (χ0v) is 17.0. The second-order valence-corrected chi connectivity index (χ2v) is 6.67. The van der Waals surface area contributed by atoms with E-state index in [1.807, 2.05) is 60.7 Å². The predicted molar refractivity (Wildman–Crippen MR) is 110 cm³/mol. The van der Waals surface area contributed by atoms with E-state index in [0.717, 1.165) is 11.1 Å². The first-order chi connectivity index (χ1) is 14.6. The molecule has 1 atom stereocenters. The molecule has 0 unspecified atom stereocenters. The quantitative estimate of drug-likeness (QED) is 0.557. The highest BCUT2D eigenvalue weighted by Gasteiger charge is 2.29. The molecule has 1 N–H and O–H groups in total. The zero-order chi connectivity index (χ0) is 21.3. The first-order valence-electron chi connectivity index (χ1n) is 9.73. The number of amides is 1. The average molecular weight is 408 g/mol. The summed E-state index contributed by atoms with van der Waals surface area (Å²) in [6, 6.07) is 18.3. The number of aromatic nitrogens is 1. The van der Waals surface area contributed by atoms with Gasteiger partial charge in [-0.25, -0.2) is 9.59 Å². The molecule has 0 saturated carbocycles. The second kappa shape index (κ2) is 10.2. The first-order valence-corrected chi connectivity index (χ1v) is 9.73. The fraction of sp³-hybridized carbons (Fsp3) is 0.261. The first kappa shape index (κ1) is 21.1. The van der Waals surface area contributed by atoms with E-state index in [1.54, 1.807) is 13.8 Å². The van der Waals surface area contributed by atoms with Gasteiger partial charge in [0.05, 0.1) is 12.6 Å². The van der Waals surface area contributed by atoms with Crippen LogP contribution in [0.3, 0.4) is 0 Å². The number of esters is 1. The Morgan fingerprint density at radius 1 is 1.00 bits per heavy atom. The Labute approximate surface area is 175 Å². The van der Waals surface area contributed by atoms with Crippen molar-refractivity contribution in [2.24, 2.45) is 0 Å². The largest absolute Gasteiger partial charge is 0.462 e. The van der Waals surface area contributed by atoms with Gasteiger partial charge in [-0.3, -0.25) is 0 Å². The van der Waals surface area contributed by atoms with Gasteiger partial charge in [-0.05, 0) is 31.4 Å². The highest BCUT2D eigenvalue weighted by molar-refractivity contribution is 5.92. The van der Waals surface area contributed by atoms with Gasteiger partial charge >= 0.3 is 12.1 Å². The summed E-state index contributed by atoms with van der Waals surface area (Å²) in [7, 11) is 0. The maximum absolute atomic E-state index is 12.5. The number of nitrogens with one attached hydrogen (secondary N) is 1. The molecule has 3 aromatic rings. The van der Waals surface area contributed by atoms with Crippen LogP contribution in [0.4, 0.5) is 4.79 Å². The average Bonchev–Trinajstić information content (AvgIpc) is 3.15. The van der Waals surface area contributed by atoms with Crippen LogP contribution < -0.4 is 5.32 Å². The molecule has 1 aromatic heterocycles. The van der Waals surface area contributed by atoms with E-state index >= 15 is 0 Å². The molecule has 3 rings (SSSR count). The Kier molecular flexibility index (Phi) is 7.21. The van der Waals surface area contributed by atoms with Gasteiger partial charge in [0.25, 0.3) is 0 Å². The molecule has 0 aliphatic carbocycles. The van der Waals surface area contributed by atoms with E-state index in [4.69, 9.17) is 14.0 Å². The number of aryl methyl sites for hydroxylation is 1. The van der Waals surface area contributed by atoms with Gasteiger partial charge in [0, 0.05) is 0 Å². The second-order valence-electron chi connectivity index (χ2n) is 6.67. The Hall–Kier alpha value is -3.61. The number of benzene rings is 2. The number of hydrogen-bond acceptors (Lipinski definition) is 6. The molecular weight excluding hydrogens is 384 g/mol. The van der Waals surface area contributed by atoms with Crippen LogP contribution in [0.2, 0.25) is 0 Å². The summed E-state index contributed by atoms with van der Waals surface area (Å²) in [5.74, 6) is -0.204.